The summed E-state index contributed by atoms with van der Waals surface area (Å²) in [7, 11) is 0. The molecule has 24 heavy (non-hydrogen) atoms. The topological polar surface area (TPSA) is 37.3 Å². The minimum absolute atomic E-state index is 0.0234. The van der Waals surface area contributed by atoms with Crippen molar-refractivity contribution in [3.05, 3.63) is 77.9 Å². The highest BCUT2D eigenvalue weighted by Crippen LogP contribution is 2.27. The van der Waals surface area contributed by atoms with Crippen molar-refractivity contribution in [2.45, 2.75) is 17.7 Å². The number of hydrogen-bond acceptors (Lipinski definition) is 2. The number of carboxylic acids is 1. The molecule has 3 aromatic rings. The van der Waals surface area contributed by atoms with Crippen molar-refractivity contribution in [2.24, 2.45) is 0 Å². The van der Waals surface area contributed by atoms with Crippen LogP contribution in [0.25, 0.3) is 10.8 Å². The molecule has 2 nitrogen and oxygen atoms in total. The van der Waals surface area contributed by atoms with E-state index in [9.17, 15) is 13.6 Å². The van der Waals surface area contributed by atoms with Crippen LogP contribution in [0, 0.1) is 0 Å². The Labute approximate surface area is 144 Å². The molecule has 0 amide bonds. The summed E-state index contributed by atoms with van der Waals surface area (Å²) in [6, 6.07) is 18.7. The average Bonchev–Trinajstić information content (AvgIpc) is 2.54. The number of carboxylic acid groups (broad SMARTS) is 1. The molecule has 0 aliphatic rings. The predicted molar refractivity (Wildman–Crippen MR) is 94.2 cm³/mol. The smallest absolute Gasteiger partial charge is 0.335 e. The molecule has 1 N–H and O–H groups in total. The minimum Gasteiger partial charge on any atom is -0.478 e. The first-order chi connectivity index (χ1) is 11.3. The van der Waals surface area contributed by atoms with E-state index in [1.165, 1.54) is 12.1 Å². The van der Waals surface area contributed by atoms with E-state index < -0.39 is 11.9 Å². The molecule has 3 aromatic carbocycles. The minimum atomic E-state index is -2.75. The maximum atomic E-state index is 12.6. The monoisotopic (exact) mass is 346 g/mol. The molecule has 0 saturated heterocycles. The Kier molecular flexibility index (Phi) is 5.57. The van der Waals surface area contributed by atoms with Gasteiger partial charge in [0.25, 0.3) is 5.92 Å². The number of aromatic carboxylic acids is 1. The van der Waals surface area contributed by atoms with Crippen molar-refractivity contribution in [1.29, 1.82) is 0 Å². The fourth-order valence-electron chi connectivity index (χ4n) is 2.08. The van der Waals surface area contributed by atoms with Crippen LogP contribution in [0.4, 0.5) is 8.78 Å². The maximum Gasteiger partial charge on any atom is 0.335 e. The number of fused-ring (bicyclic) bond motifs is 1. The summed E-state index contributed by atoms with van der Waals surface area (Å²) >= 11 is 3.98. The third-order valence-electron chi connectivity index (χ3n) is 3.37. The zero-order valence-corrected chi connectivity index (χ0v) is 13.8. The summed E-state index contributed by atoms with van der Waals surface area (Å²) in [5, 5.41) is 10.8. The molecule has 0 aliphatic heterocycles. The summed E-state index contributed by atoms with van der Waals surface area (Å²) in [6.07, 6.45) is 0. The number of hydrogen-bond donors (Lipinski definition) is 2. The van der Waals surface area contributed by atoms with Gasteiger partial charge >= 0.3 is 5.97 Å². The Morgan fingerprint density at radius 1 is 0.958 bits per heavy atom. The zero-order chi connectivity index (χ0) is 17.7. The third-order valence-corrected chi connectivity index (χ3v) is 3.67. The molecule has 0 fully saturated rings. The Bertz CT molecular complexity index is 840. The lowest BCUT2D eigenvalue weighted by atomic mass is 10.1. The zero-order valence-electron chi connectivity index (χ0n) is 12.9. The van der Waals surface area contributed by atoms with E-state index in [1.807, 2.05) is 30.3 Å². The van der Waals surface area contributed by atoms with E-state index in [0.717, 1.165) is 17.7 Å². The molecule has 0 radical (unpaired) electrons. The number of alkyl halides is 2. The molecule has 0 unspecified atom stereocenters. The molecule has 0 spiro atoms. The fourth-order valence-corrected chi connectivity index (χ4v) is 2.23. The Morgan fingerprint density at radius 2 is 1.54 bits per heavy atom. The SMILES string of the molecule is CC(F)(F)c1ccc(S)cc1.O=C(O)c1ccc2ccccc2c1. The van der Waals surface area contributed by atoms with Crippen molar-refractivity contribution in [3.63, 3.8) is 0 Å². The van der Waals surface area contributed by atoms with E-state index in [1.54, 1.807) is 24.3 Å². The Hall–Kier alpha value is -2.40. The van der Waals surface area contributed by atoms with E-state index in [-0.39, 0.29) is 5.56 Å². The first-order valence-electron chi connectivity index (χ1n) is 7.17. The fraction of sp³-hybridized carbons (Fsp3) is 0.105. The van der Waals surface area contributed by atoms with E-state index >= 15 is 0 Å². The predicted octanol–water partition coefficient (Wildman–Crippen LogP) is 5.63. The molecule has 0 heterocycles. The van der Waals surface area contributed by atoms with Crippen LogP contribution >= 0.6 is 12.6 Å². The number of rotatable bonds is 2. The quantitative estimate of drug-likeness (QED) is 0.591. The van der Waals surface area contributed by atoms with E-state index in [0.29, 0.717) is 10.5 Å². The molecular formula is C19H16F2O2S. The van der Waals surface area contributed by atoms with Gasteiger partial charge in [-0.15, -0.1) is 12.6 Å². The van der Waals surface area contributed by atoms with Crippen LogP contribution in [0.15, 0.2) is 71.6 Å². The maximum absolute atomic E-state index is 12.6. The van der Waals surface area contributed by atoms with Crippen molar-refractivity contribution in [3.8, 4) is 0 Å². The second-order valence-electron chi connectivity index (χ2n) is 5.30. The molecule has 3 rings (SSSR count). The molecule has 0 atom stereocenters. The van der Waals surface area contributed by atoms with Gasteiger partial charge in [0.05, 0.1) is 5.56 Å². The number of carbonyl (C=O) groups is 1. The van der Waals surface area contributed by atoms with Gasteiger partial charge in [-0.2, -0.15) is 0 Å². The van der Waals surface area contributed by atoms with Crippen LogP contribution in [0.2, 0.25) is 0 Å². The van der Waals surface area contributed by atoms with Crippen molar-refractivity contribution in [2.75, 3.05) is 0 Å². The lowest BCUT2D eigenvalue weighted by Crippen LogP contribution is -2.05. The molecular weight excluding hydrogens is 330 g/mol. The number of thiol groups is 1. The second kappa shape index (κ2) is 7.45. The van der Waals surface area contributed by atoms with Gasteiger partial charge in [-0.3, -0.25) is 0 Å². The van der Waals surface area contributed by atoms with Gasteiger partial charge in [-0.25, -0.2) is 13.6 Å². The summed E-state index contributed by atoms with van der Waals surface area (Å²) in [5.41, 5.74) is 0.356. The van der Waals surface area contributed by atoms with Gasteiger partial charge in [0.15, 0.2) is 0 Å². The van der Waals surface area contributed by atoms with Gasteiger partial charge in [-0.1, -0.05) is 42.5 Å². The summed E-state index contributed by atoms with van der Waals surface area (Å²) in [4.78, 5) is 11.3. The van der Waals surface area contributed by atoms with E-state index in [4.69, 9.17) is 5.11 Å². The van der Waals surface area contributed by atoms with Crippen LogP contribution in [0.5, 0.6) is 0 Å². The van der Waals surface area contributed by atoms with Crippen molar-refractivity contribution in [1.82, 2.24) is 0 Å². The van der Waals surface area contributed by atoms with Gasteiger partial charge in [0.2, 0.25) is 0 Å². The van der Waals surface area contributed by atoms with Gasteiger partial charge in [0, 0.05) is 17.4 Å². The summed E-state index contributed by atoms with van der Waals surface area (Å²) < 4.78 is 25.1. The first kappa shape index (κ1) is 17.9. The normalized spacial score (nSPS) is 10.8. The largest absolute Gasteiger partial charge is 0.478 e. The lowest BCUT2D eigenvalue weighted by molar-refractivity contribution is 0.0174. The highest BCUT2D eigenvalue weighted by Gasteiger charge is 2.23. The average molecular weight is 346 g/mol. The van der Waals surface area contributed by atoms with E-state index in [2.05, 4.69) is 12.6 Å². The Balaban J connectivity index is 0.000000177. The highest BCUT2D eigenvalue weighted by atomic mass is 32.1. The number of benzene rings is 3. The van der Waals surface area contributed by atoms with Crippen LogP contribution in [-0.4, -0.2) is 11.1 Å². The molecule has 5 heteroatoms. The van der Waals surface area contributed by atoms with Crippen LogP contribution < -0.4 is 0 Å². The molecule has 0 aliphatic carbocycles. The van der Waals surface area contributed by atoms with Crippen molar-refractivity contribution >= 4 is 29.4 Å². The van der Waals surface area contributed by atoms with Crippen LogP contribution in [0.1, 0.15) is 22.8 Å². The highest BCUT2D eigenvalue weighted by molar-refractivity contribution is 7.80. The molecule has 0 bridgehead atoms. The standard InChI is InChI=1S/C11H8O2.C8H8F2S/c12-11(13)10-6-5-8-3-1-2-4-9(8)7-10;1-8(9,10)6-2-4-7(11)5-3-6/h1-7H,(H,12,13);2-5,11H,1H3. The molecule has 0 saturated carbocycles. The first-order valence-corrected chi connectivity index (χ1v) is 7.61. The number of halogens is 2. The lowest BCUT2D eigenvalue weighted by Gasteiger charge is -2.09. The summed E-state index contributed by atoms with van der Waals surface area (Å²) in [5.74, 6) is -3.63. The van der Waals surface area contributed by atoms with Crippen molar-refractivity contribution < 1.29 is 18.7 Å². The Morgan fingerprint density at radius 3 is 2.08 bits per heavy atom. The van der Waals surface area contributed by atoms with Gasteiger partial charge in [0.1, 0.15) is 0 Å². The third kappa shape index (κ3) is 4.80. The van der Waals surface area contributed by atoms with Crippen LogP contribution in [0.3, 0.4) is 0 Å². The van der Waals surface area contributed by atoms with Gasteiger partial charge < -0.3 is 5.11 Å². The van der Waals surface area contributed by atoms with Gasteiger partial charge in [-0.05, 0) is 35.0 Å². The summed E-state index contributed by atoms with van der Waals surface area (Å²) in [6.45, 7) is 0.876. The van der Waals surface area contributed by atoms with Crippen LogP contribution in [-0.2, 0) is 5.92 Å². The second-order valence-corrected chi connectivity index (χ2v) is 5.82. The molecule has 0 aromatic heterocycles. The molecule has 124 valence electrons.